The lowest BCUT2D eigenvalue weighted by molar-refractivity contribution is 0.201. The lowest BCUT2D eigenvalue weighted by Crippen LogP contribution is -2.47. The Morgan fingerprint density at radius 2 is 2.31 bits per heavy atom. The maximum atomic E-state index is 5.40. The standard InChI is InChI=1S/C10H14BrNO/c1-10(5-2-6-10)12-7-8-3-4-9(11)13-8/h3-4,12H,2,5-7H2,1H3. The van der Waals surface area contributed by atoms with Crippen LogP contribution in [0, 0.1) is 0 Å². The summed E-state index contributed by atoms with van der Waals surface area (Å²) in [6.45, 7) is 3.11. The van der Waals surface area contributed by atoms with E-state index in [1.807, 2.05) is 12.1 Å². The van der Waals surface area contributed by atoms with Gasteiger partial charge in [-0.3, -0.25) is 0 Å². The molecule has 0 atom stereocenters. The van der Waals surface area contributed by atoms with Gasteiger partial charge >= 0.3 is 0 Å². The molecule has 0 radical (unpaired) electrons. The summed E-state index contributed by atoms with van der Waals surface area (Å²) >= 11 is 3.29. The van der Waals surface area contributed by atoms with E-state index in [4.69, 9.17) is 4.42 Å². The molecule has 1 aromatic heterocycles. The van der Waals surface area contributed by atoms with Crippen molar-refractivity contribution in [1.82, 2.24) is 5.32 Å². The molecular weight excluding hydrogens is 230 g/mol. The number of rotatable bonds is 3. The zero-order valence-electron chi connectivity index (χ0n) is 7.77. The smallest absolute Gasteiger partial charge is 0.169 e. The molecular formula is C10H14BrNO. The van der Waals surface area contributed by atoms with Crippen LogP contribution >= 0.6 is 15.9 Å². The van der Waals surface area contributed by atoms with E-state index < -0.39 is 0 Å². The molecule has 0 spiro atoms. The highest BCUT2D eigenvalue weighted by Crippen LogP contribution is 2.31. The van der Waals surface area contributed by atoms with Crippen molar-refractivity contribution in [1.29, 1.82) is 0 Å². The molecule has 1 heterocycles. The van der Waals surface area contributed by atoms with Crippen LogP contribution < -0.4 is 5.32 Å². The monoisotopic (exact) mass is 243 g/mol. The first-order chi connectivity index (χ1) is 6.18. The van der Waals surface area contributed by atoms with Gasteiger partial charge in [0.2, 0.25) is 0 Å². The fourth-order valence-corrected chi connectivity index (χ4v) is 1.97. The third-order valence-corrected chi connectivity index (χ3v) is 3.20. The van der Waals surface area contributed by atoms with Crippen molar-refractivity contribution in [2.75, 3.05) is 0 Å². The highest BCUT2D eigenvalue weighted by atomic mass is 79.9. The van der Waals surface area contributed by atoms with Gasteiger partial charge in [-0.25, -0.2) is 0 Å². The number of nitrogens with one attached hydrogen (secondary N) is 1. The average molecular weight is 244 g/mol. The van der Waals surface area contributed by atoms with Crippen LogP contribution in [0.2, 0.25) is 0 Å². The van der Waals surface area contributed by atoms with Crippen LogP contribution in [0.4, 0.5) is 0 Å². The van der Waals surface area contributed by atoms with Crippen molar-refractivity contribution in [2.24, 2.45) is 0 Å². The van der Waals surface area contributed by atoms with Crippen LogP contribution in [-0.4, -0.2) is 5.54 Å². The normalized spacial score (nSPS) is 19.8. The van der Waals surface area contributed by atoms with Gasteiger partial charge in [0.15, 0.2) is 4.67 Å². The van der Waals surface area contributed by atoms with E-state index in [0.717, 1.165) is 17.0 Å². The first-order valence-electron chi connectivity index (χ1n) is 4.67. The minimum Gasteiger partial charge on any atom is -0.453 e. The van der Waals surface area contributed by atoms with Crippen LogP contribution in [0.25, 0.3) is 0 Å². The van der Waals surface area contributed by atoms with E-state index in [1.54, 1.807) is 0 Å². The summed E-state index contributed by atoms with van der Waals surface area (Å²) in [6, 6.07) is 3.93. The molecule has 2 nitrogen and oxygen atoms in total. The molecule has 0 unspecified atom stereocenters. The van der Waals surface area contributed by atoms with Crippen molar-refractivity contribution in [2.45, 2.75) is 38.3 Å². The Morgan fingerprint density at radius 3 is 2.77 bits per heavy atom. The second-order valence-corrected chi connectivity index (χ2v) is 4.76. The fraction of sp³-hybridized carbons (Fsp3) is 0.600. The minimum absolute atomic E-state index is 0.360. The highest BCUT2D eigenvalue weighted by Gasteiger charge is 2.30. The molecule has 13 heavy (non-hydrogen) atoms. The van der Waals surface area contributed by atoms with Gasteiger partial charge in [0.25, 0.3) is 0 Å². The zero-order valence-corrected chi connectivity index (χ0v) is 9.36. The predicted molar refractivity (Wildman–Crippen MR) is 55.5 cm³/mol. The fourth-order valence-electron chi connectivity index (χ4n) is 1.63. The van der Waals surface area contributed by atoms with Crippen molar-refractivity contribution in [3.63, 3.8) is 0 Å². The summed E-state index contributed by atoms with van der Waals surface area (Å²) < 4.78 is 6.21. The molecule has 0 aliphatic heterocycles. The van der Waals surface area contributed by atoms with Gasteiger partial charge < -0.3 is 9.73 Å². The van der Waals surface area contributed by atoms with Crippen LogP contribution in [0.15, 0.2) is 21.2 Å². The van der Waals surface area contributed by atoms with Gasteiger partial charge in [0.1, 0.15) is 5.76 Å². The maximum absolute atomic E-state index is 5.40. The summed E-state index contributed by atoms with van der Waals surface area (Å²) in [5.41, 5.74) is 0.360. The van der Waals surface area contributed by atoms with Gasteiger partial charge in [-0.1, -0.05) is 0 Å². The Labute approximate surface area is 86.8 Å². The molecule has 1 aliphatic rings. The van der Waals surface area contributed by atoms with Crippen molar-refractivity contribution in [3.05, 3.63) is 22.6 Å². The summed E-state index contributed by atoms with van der Waals surface area (Å²) in [6.07, 6.45) is 3.93. The van der Waals surface area contributed by atoms with E-state index in [1.165, 1.54) is 19.3 Å². The molecule has 0 bridgehead atoms. The number of hydrogen-bond acceptors (Lipinski definition) is 2. The van der Waals surface area contributed by atoms with E-state index >= 15 is 0 Å². The molecule has 0 saturated heterocycles. The summed E-state index contributed by atoms with van der Waals surface area (Å²) in [4.78, 5) is 0. The minimum atomic E-state index is 0.360. The van der Waals surface area contributed by atoms with Crippen LogP contribution in [0.3, 0.4) is 0 Å². The van der Waals surface area contributed by atoms with Gasteiger partial charge in [-0.05, 0) is 54.2 Å². The molecule has 2 rings (SSSR count). The van der Waals surface area contributed by atoms with Gasteiger partial charge in [-0.15, -0.1) is 0 Å². The molecule has 1 N–H and O–H groups in total. The largest absolute Gasteiger partial charge is 0.453 e. The molecule has 1 aromatic rings. The topological polar surface area (TPSA) is 25.2 Å². The Kier molecular flexibility index (Phi) is 2.47. The molecule has 72 valence electrons. The molecule has 3 heteroatoms. The van der Waals surface area contributed by atoms with Crippen LogP contribution in [0.5, 0.6) is 0 Å². The Hall–Kier alpha value is -0.280. The second-order valence-electron chi connectivity index (χ2n) is 3.97. The summed E-state index contributed by atoms with van der Waals surface area (Å²) in [7, 11) is 0. The second kappa shape index (κ2) is 3.46. The molecule has 0 amide bonds. The molecule has 1 aliphatic carbocycles. The van der Waals surface area contributed by atoms with Crippen LogP contribution in [-0.2, 0) is 6.54 Å². The number of furan rings is 1. The number of hydrogen-bond donors (Lipinski definition) is 1. The summed E-state index contributed by atoms with van der Waals surface area (Å²) in [5, 5.41) is 3.51. The Morgan fingerprint density at radius 1 is 1.54 bits per heavy atom. The third-order valence-electron chi connectivity index (χ3n) is 2.78. The van der Waals surface area contributed by atoms with Gasteiger partial charge in [0, 0.05) is 5.54 Å². The molecule has 0 aromatic carbocycles. The number of halogens is 1. The van der Waals surface area contributed by atoms with E-state index in [0.29, 0.717) is 5.54 Å². The van der Waals surface area contributed by atoms with Crippen molar-refractivity contribution < 1.29 is 4.42 Å². The third kappa shape index (κ3) is 2.15. The maximum Gasteiger partial charge on any atom is 0.169 e. The molecule has 1 fully saturated rings. The van der Waals surface area contributed by atoms with Gasteiger partial charge in [0.05, 0.1) is 6.54 Å². The van der Waals surface area contributed by atoms with E-state index in [2.05, 4.69) is 28.2 Å². The van der Waals surface area contributed by atoms with E-state index in [9.17, 15) is 0 Å². The first-order valence-corrected chi connectivity index (χ1v) is 5.47. The Bertz CT molecular complexity index is 291. The lowest BCUT2D eigenvalue weighted by Gasteiger charge is -2.39. The lowest BCUT2D eigenvalue weighted by atomic mass is 9.78. The quantitative estimate of drug-likeness (QED) is 0.883. The van der Waals surface area contributed by atoms with Gasteiger partial charge in [-0.2, -0.15) is 0 Å². The zero-order chi connectivity index (χ0) is 9.31. The SMILES string of the molecule is CC1(NCc2ccc(Br)o2)CCC1. The van der Waals surface area contributed by atoms with E-state index in [-0.39, 0.29) is 0 Å². The Balaban J connectivity index is 1.85. The average Bonchev–Trinajstić information content (AvgIpc) is 2.44. The molecule has 1 saturated carbocycles. The van der Waals surface area contributed by atoms with Crippen molar-refractivity contribution >= 4 is 15.9 Å². The highest BCUT2D eigenvalue weighted by molar-refractivity contribution is 9.10. The predicted octanol–water partition coefficient (Wildman–Crippen LogP) is 3.07. The van der Waals surface area contributed by atoms with Crippen molar-refractivity contribution in [3.8, 4) is 0 Å². The van der Waals surface area contributed by atoms with Crippen LogP contribution in [0.1, 0.15) is 31.9 Å². The summed E-state index contributed by atoms with van der Waals surface area (Å²) in [5.74, 6) is 1.00. The first kappa shape index (κ1) is 9.28.